The number of nitrogens with one attached hydrogen (secondary N) is 2. The van der Waals surface area contributed by atoms with E-state index >= 15 is 0 Å². The largest absolute Gasteiger partial charge is 0.378 e. The maximum atomic E-state index is 5.55. The molecule has 1 aromatic rings. The fourth-order valence-corrected chi connectivity index (χ4v) is 6.19. The van der Waals surface area contributed by atoms with Gasteiger partial charge in [0.2, 0.25) is 0 Å². The van der Waals surface area contributed by atoms with Gasteiger partial charge in [-0.05, 0) is 67.7 Å². The predicted molar refractivity (Wildman–Crippen MR) is 130 cm³/mol. The number of piperidine rings is 3. The summed E-state index contributed by atoms with van der Waals surface area (Å²) in [6, 6.07) is 9.01. The highest BCUT2D eigenvalue weighted by atomic mass is 32.2. The van der Waals surface area contributed by atoms with Gasteiger partial charge in [-0.15, -0.1) is 0 Å². The van der Waals surface area contributed by atoms with Crippen LogP contribution in [-0.2, 0) is 0 Å². The molecule has 1 aromatic carbocycles. The Labute approximate surface area is 185 Å². The van der Waals surface area contributed by atoms with Gasteiger partial charge in [0.25, 0.3) is 0 Å². The first-order valence-electron chi connectivity index (χ1n) is 10.9. The van der Waals surface area contributed by atoms with Gasteiger partial charge in [-0.3, -0.25) is 4.90 Å². The highest BCUT2D eigenvalue weighted by molar-refractivity contribution is 7.99. The summed E-state index contributed by atoms with van der Waals surface area (Å²) in [5.41, 5.74) is 2.23. The number of rotatable bonds is 6. The summed E-state index contributed by atoms with van der Waals surface area (Å²) in [7, 11) is 4.11. The van der Waals surface area contributed by atoms with Crippen molar-refractivity contribution in [3.05, 3.63) is 24.3 Å². The Morgan fingerprint density at radius 1 is 1.17 bits per heavy atom. The van der Waals surface area contributed by atoms with Crippen molar-refractivity contribution < 1.29 is 0 Å². The van der Waals surface area contributed by atoms with Gasteiger partial charge in [-0.1, -0.05) is 0 Å². The van der Waals surface area contributed by atoms with Crippen LogP contribution in [0.1, 0.15) is 12.8 Å². The van der Waals surface area contributed by atoms with Crippen LogP contribution in [0.3, 0.4) is 0 Å². The maximum absolute atomic E-state index is 5.55. The molecule has 0 radical (unpaired) electrons. The standard InChI is InChI=1S/C22H35N5S2/c1-25(2)20-5-3-19(4-6-20)24-22(28)23-14-21-13-17-7-8-27(21)16-18(17)15-26-9-11-29-12-10-26/h3-6,17-18,21H,7-16H2,1-2H3,(H2,23,24,28)/t17-,18-,21+/m0/s1. The third kappa shape index (κ3) is 5.57. The summed E-state index contributed by atoms with van der Waals surface area (Å²) >= 11 is 7.65. The van der Waals surface area contributed by atoms with E-state index < -0.39 is 0 Å². The Balaban J connectivity index is 1.22. The van der Waals surface area contributed by atoms with Crippen LogP contribution < -0.4 is 15.5 Å². The summed E-state index contributed by atoms with van der Waals surface area (Å²) < 4.78 is 0. The molecule has 0 amide bonds. The van der Waals surface area contributed by atoms with Crippen LogP contribution in [0.2, 0.25) is 0 Å². The number of fused-ring (bicyclic) bond motifs is 3. The summed E-state index contributed by atoms with van der Waals surface area (Å²) in [5.74, 6) is 4.39. The van der Waals surface area contributed by atoms with Crippen molar-refractivity contribution in [2.75, 3.05) is 75.1 Å². The topological polar surface area (TPSA) is 33.8 Å². The zero-order chi connectivity index (χ0) is 20.2. The average Bonchev–Trinajstić information content (AvgIpc) is 2.74. The molecule has 5 rings (SSSR count). The second-order valence-corrected chi connectivity index (χ2v) is 10.5. The van der Waals surface area contributed by atoms with E-state index in [1.54, 1.807) is 0 Å². The van der Waals surface area contributed by atoms with Crippen LogP contribution in [-0.4, -0.2) is 85.8 Å². The molecule has 4 atom stereocenters. The molecule has 4 fully saturated rings. The van der Waals surface area contributed by atoms with Crippen LogP contribution in [0.4, 0.5) is 11.4 Å². The minimum Gasteiger partial charge on any atom is -0.378 e. The zero-order valence-corrected chi connectivity index (χ0v) is 19.4. The summed E-state index contributed by atoms with van der Waals surface area (Å²) in [6.45, 7) is 7.36. The Morgan fingerprint density at radius 3 is 2.59 bits per heavy atom. The van der Waals surface area contributed by atoms with Gasteiger partial charge in [-0.25, -0.2) is 0 Å². The molecule has 160 valence electrons. The SMILES string of the molecule is CN(C)c1ccc(NC(=S)NC[C@H]2C[C@@H]3CCN2C[C@@H]3CN2CCSCC2)cc1. The molecular formula is C22H35N5S2. The third-order valence-corrected chi connectivity index (χ3v) is 7.94. The second kappa shape index (κ2) is 9.86. The van der Waals surface area contributed by atoms with Crippen LogP contribution >= 0.6 is 24.0 Å². The first kappa shape index (κ1) is 21.2. The van der Waals surface area contributed by atoms with E-state index in [1.807, 2.05) is 0 Å². The minimum absolute atomic E-state index is 0.623. The van der Waals surface area contributed by atoms with E-state index in [0.717, 1.165) is 29.2 Å². The van der Waals surface area contributed by atoms with Crippen molar-refractivity contribution in [3.8, 4) is 0 Å². The molecule has 0 spiro atoms. The first-order valence-corrected chi connectivity index (χ1v) is 12.5. The molecule has 1 unspecified atom stereocenters. The molecule has 0 aromatic heterocycles. The van der Waals surface area contributed by atoms with E-state index in [-0.39, 0.29) is 0 Å². The quantitative estimate of drug-likeness (QED) is 0.668. The fraction of sp³-hybridized carbons (Fsp3) is 0.682. The Hall–Kier alpha value is -1.02. The molecule has 4 saturated heterocycles. The Bertz CT molecular complexity index is 674. The van der Waals surface area contributed by atoms with E-state index in [2.05, 4.69) is 75.5 Å². The Morgan fingerprint density at radius 2 is 1.93 bits per heavy atom. The predicted octanol–water partition coefficient (Wildman–Crippen LogP) is 2.80. The number of nitrogens with zero attached hydrogens (tertiary/aromatic N) is 3. The lowest BCUT2D eigenvalue weighted by molar-refractivity contribution is -0.00936. The molecule has 0 aliphatic carbocycles. The van der Waals surface area contributed by atoms with Gasteiger partial charge in [0.1, 0.15) is 0 Å². The monoisotopic (exact) mass is 433 g/mol. The first-order chi connectivity index (χ1) is 14.1. The van der Waals surface area contributed by atoms with E-state index in [9.17, 15) is 0 Å². The molecule has 4 aliphatic heterocycles. The van der Waals surface area contributed by atoms with Crippen LogP contribution in [0, 0.1) is 11.8 Å². The Kier molecular flexibility index (Phi) is 7.21. The minimum atomic E-state index is 0.623. The lowest BCUT2D eigenvalue weighted by Gasteiger charge is -2.51. The van der Waals surface area contributed by atoms with E-state index in [1.165, 1.54) is 62.8 Å². The van der Waals surface area contributed by atoms with Crippen LogP contribution in [0.5, 0.6) is 0 Å². The fourth-order valence-electron chi connectivity index (χ4n) is 5.01. The molecule has 4 aliphatic rings. The lowest BCUT2D eigenvalue weighted by atomic mass is 9.75. The lowest BCUT2D eigenvalue weighted by Crippen LogP contribution is -2.59. The average molecular weight is 434 g/mol. The molecule has 2 bridgehead atoms. The van der Waals surface area contributed by atoms with Gasteiger partial charge >= 0.3 is 0 Å². The van der Waals surface area contributed by atoms with Gasteiger partial charge in [0.15, 0.2) is 5.11 Å². The molecule has 5 nitrogen and oxygen atoms in total. The summed E-state index contributed by atoms with van der Waals surface area (Å²) in [6.07, 6.45) is 2.70. The van der Waals surface area contributed by atoms with Crippen molar-refractivity contribution >= 4 is 40.5 Å². The van der Waals surface area contributed by atoms with Gasteiger partial charge < -0.3 is 20.4 Å². The number of thiocarbonyl (C=S) groups is 1. The number of thioether (sulfide) groups is 1. The van der Waals surface area contributed by atoms with Crippen molar-refractivity contribution in [2.24, 2.45) is 11.8 Å². The normalized spacial score (nSPS) is 29.4. The molecule has 2 N–H and O–H groups in total. The van der Waals surface area contributed by atoms with E-state index in [4.69, 9.17) is 12.2 Å². The highest BCUT2D eigenvalue weighted by Crippen LogP contribution is 2.36. The number of benzene rings is 1. The number of hydrogen-bond acceptors (Lipinski definition) is 5. The summed E-state index contributed by atoms with van der Waals surface area (Å²) in [4.78, 5) is 7.52. The van der Waals surface area contributed by atoms with Gasteiger partial charge in [0.05, 0.1) is 0 Å². The van der Waals surface area contributed by atoms with Gasteiger partial charge in [-0.2, -0.15) is 11.8 Å². The van der Waals surface area contributed by atoms with Crippen molar-refractivity contribution in [3.63, 3.8) is 0 Å². The smallest absolute Gasteiger partial charge is 0.170 e. The zero-order valence-electron chi connectivity index (χ0n) is 17.8. The number of hydrogen-bond donors (Lipinski definition) is 2. The molecule has 0 saturated carbocycles. The summed E-state index contributed by atoms with van der Waals surface area (Å²) in [5, 5.41) is 7.53. The number of anilines is 2. The van der Waals surface area contributed by atoms with Crippen LogP contribution in [0.25, 0.3) is 0 Å². The van der Waals surface area contributed by atoms with Crippen molar-refractivity contribution in [1.29, 1.82) is 0 Å². The molecule has 7 heteroatoms. The second-order valence-electron chi connectivity index (χ2n) is 8.88. The van der Waals surface area contributed by atoms with Crippen LogP contribution in [0.15, 0.2) is 24.3 Å². The van der Waals surface area contributed by atoms with Crippen molar-refractivity contribution in [2.45, 2.75) is 18.9 Å². The highest BCUT2D eigenvalue weighted by Gasteiger charge is 2.40. The molecular weight excluding hydrogens is 398 g/mol. The van der Waals surface area contributed by atoms with Crippen molar-refractivity contribution in [1.82, 2.24) is 15.1 Å². The van der Waals surface area contributed by atoms with E-state index in [0.29, 0.717) is 6.04 Å². The molecule has 4 heterocycles. The third-order valence-electron chi connectivity index (χ3n) is 6.75. The van der Waals surface area contributed by atoms with Gasteiger partial charge in [0, 0.05) is 75.7 Å². The molecule has 29 heavy (non-hydrogen) atoms. The maximum Gasteiger partial charge on any atom is 0.170 e.